The van der Waals surface area contributed by atoms with Gasteiger partial charge in [-0.1, -0.05) is 30.3 Å². The van der Waals surface area contributed by atoms with E-state index in [1.165, 1.54) is 6.92 Å². The molecular weight excluding hydrogens is 324 g/mol. The summed E-state index contributed by atoms with van der Waals surface area (Å²) in [5, 5.41) is 11.9. The third kappa shape index (κ3) is 5.34. The lowest BCUT2D eigenvalue weighted by molar-refractivity contribution is 0.0495. The third-order valence-corrected chi connectivity index (χ3v) is 3.29. The van der Waals surface area contributed by atoms with E-state index in [0.29, 0.717) is 6.42 Å². The van der Waals surface area contributed by atoms with Gasteiger partial charge in [0.25, 0.3) is 0 Å². The molecule has 134 valence electrons. The fourth-order valence-corrected chi connectivity index (χ4v) is 2.26. The number of hydrogen-bond donors (Lipinski definition) is 2. The van der Waals surface area contributed by atoms with Gasteiger partial charge in [-0.05, 0) is 33.3 Å². The van der Waals surface area contributed by atoms with Crippen molar-refractivity contribution in [1.82, 2.24) is 10.3 Å². The Morgan fingerprint density at radius 2 is 1.92 bits per heavy atom. The van der Waals surface area contributed by atoms with Crippen LogP contribution in [0.25, 0.3) is 0 Å². The molecule has 0 saturated carbocycles. The summed E-state index contributed by atoms with van der Waals surface area (Å²) in [5.74, 6) is -0.862. The molecule has 0 aliphatic rings. The smallest absolute Gasteiger partial charge is 0.408 e. The number of amides is 1. The molecule has 2 rings (SSSR count). The van der Waals surface area contributed by atoms with Gasteiger partial charge in [0.15, 0.2) is 5.69 Å². The summed E-state index contributed by atoms with van der Waals surface area (Å²) in [5.41, 5.74) is 0.121. The van der Waals surface area contributed by atoms with Crippen LogP contribution in [0.15, 0.2) is 34.7 Å². The lowest BCUT2D eigenvalue weighted by atomic mass is 10.1. The minimum absolute atomic E-state index is 0.129. The Morgan fingerprint density at radius 3 is 2.44 bits per heavy atom. The predicted octanol–water partition coefficient (Wildman–Crippen LogP) is 3.49. The molecular formula is C18H22N2O5. The molecule has 0 spiro atoms. The quantitative estimate of drug-likeness (QED) is 0.859. The van der Waals surface area contributed by atoms with Crippen LogP contribution < -0.4 is 5.32 Å². The Hall–Kier alpha value is -2.83. The first-order valence-corrected chi connectivity index (χ1v) is 7.90. The highest BCUT2D eigenvalue weighted by Crippen LogP contribution is 2.22. The molecule has 0 bridgehead atoms. The first-order chi connectivity index (χ1) is 11.7. The zero-order valence-electron chi connectivity index (χ0n) is 14.7. The molecule has 1 heterocycles. The van der Waals surface area contributed by atoms with Gasteiger partial charge in [0.2, 0.25) is 5.89 Å². The number of nitrogens with zero attached hydrogens (tertiary/aromatic N) is 1. The highest BCUT2D eigenvalue weighted by molar-refractivity contribution is 5.86. The van der Waals surface area contributed by atoms with E-state index in [4.69, 9.17) is 14.3 Å². The van der Waals surface area contributed by atoms with Crippen molar-refractivity contribution in [3.8, 4) is 0 Å². The summed E-state index contributed by atoms with van der Waals surface area (Å²) in [6, 6.07) is 8.80. The number of carboxylic acid groups (broad SMARTS) is 1. The molecule has 0 fully saturated rings. The minimum atomic E-state index is -1.18. The number of aromatic nitrogens is 1. The van der Waals surface area contributed by atoms with Gasteiger partial charge in [0.1, 0.15) is 17.4 Å². The number of aromatic carboxylic acids is 1. The summed E-state index contributed by atoms with van der Waals surface area (Å²) in [4.78, 5) is 27.3. The molecule has 7 nitrogen and oxygen atoms in total. The second-order valence-electron chi connectivity index (χ2n) is 6.65. The molecule has 0 saturated heterocycles. The average Bonchev–Trinajstić information content (AvgIpc) is 2.88. The van der Waals surface area contributed by atoms with Crippen molar-refractivity contribution < 1.29 is 23.8 Å². The molecule has 0 aliphatic carbocycles. The Balaban J connectivity index is 2.27. The Bertz CT molecular complexity index is 747. The first kappa shape index (κ1) is 18.5. The van der Waals surface area contributed by atoms with Crippen LogP contribution in [0.5, 0.6) is 0 Å². The van der Waals surface area contributed by atoms with E-state index in [9.17, 15) is 9.59 Å². The SMILES string of the molecule is Cc1oc([C@@H](Cc2ccccc2)NC(=O)OC(C)(C)C)nc1C(=O)O. The monoisotopic (exact) mass is 346 g/mol. The van der Waals surface area contributed by atoms with Gasteiger partial charge in [-0.25, -0.2) is 14.6 Å². The van der Waals surface area contributed by atoms with Gasteiger partial charge in [0, 0.05) is 6.42 Å². The van der Waals surface area contributed by atoms with Crippen molar-refractivity contribution in [3.05, 3.63) is 53.2 Å². The summed E-state index contributed by atoms with van der Waals surface area (Å²) in [6.45, 7) is 6.80. The average molecular weight is 346 g/mol. The summed E-state index contributed by atoms with van der Waals surface area (Å²) in [6.07, 6.45) is -0.236. The molecule has 1 atom stereocenters. The van der Waals surface area contributed by atoms with Crippen LogP contribution in [0.4, 0.5) is 4.79 Å². The largest absolute Gasteiger partial charge is 0.476 e. The molecule has 1 aromatic heterocycles. The molecule has 0 unspecified atom stereocenters. The summed E-state index contributed by atoms with van der Waals surface area (Å²) in [7, 11) is 0. The number of alkyl carbamates (subject to hydrolysis) is 1. The maximum Gasteiger partial charge on any atom is 0.408 e. The fraction of sp³-hybridized carbons (Fsp3) is 0.389. The number of carbonyl (C=O) groups is 2. The van der Waals surface area contributed by atoms with Gasteiger partial charge < -0.3 is 19.6 Å². The normalized spacial score (nSPS) is 12.5. The van der Waals surface area contributed by atoms with Crippen molar-refractivity contribution in [3.63, 3.8) is 0 Å². The highest BCUT2D eigenvalue weighted by atomic mass is 16.6. The summed E-state index contributed by atoms with van der Waals surface area (Å²) < 4.78 is 10.8. The second kappa shape index (κ2) is 7.38. The van der Waals surface area contributed by atoms with Gasteiger partial charge in [-0.2, -0.15) is 0 Å². The Morgan fingerprint density at radius 1 is 1.28 bits per heavy atom. The van der Waals surface area contributed by atoms with Crippen molar-refractivity contribution in [1.29, 1.82) is 0 Å². The molecule has 25 heavy (non-hydrogen) atoms. The number of benzene rings is 1. The van der Waals surface area contributed by atoms with Crippen molar-refractivity contribution >= 4 is 12.1 Å². The fourth-order valence-electron chi connectivity index (χ4n) is 2.26. The molecule has 0 radical (unpaired) electrons. The van der Waals surface area contributed by atoms with Crippen LogP contribution in [0, 0.1) is 6.92 Å². The van der Waals surface area contributed by atoms with E-state index in [-0.39, 0.29) is 17.3 Å². The zero-order valence-corrected chi connectivity index (χ0v) is 14.7. The topological polar surface area (TPSA) is 102 Å². The standard InChI is InChI=1S/C18H22N2O5/c1-11-14(16(21)22)20-15(24-11)13(10-12-8-6-5-7-9-12)19-17(23)25-18(2,3)4/h5-9,13H,10H2,1-4H3,(H,19,23)(H,21,22)/t13-/m1/s1. The lowest BCUT2D eigenvalue weighted by Gasteiger charge is -2.22. The number of carbonyl (C=O) groups excluding carboxylic acids is 1. The van der Waals surface area contributed by atoms with Gasteiger partial charge in [-0.3, -0.25) is 0 Å². The number of rotatable bonds is 5. The lowest BCUT2D eigenvalue weighted by Crippen LogP contribution is -2.36. The molecule has 1 amide bonds. The van der Waals surface area contributed by atoms with Crippen molar-refractivity contribution in [2.45, 2.75) is 45.8 Å². The van der Waals surface area contributed by atoms with E-state index in [1.807, 2.05) is 30.3 Å². The number of aryl methyl sites for hydroxylation is 1. The van der Waals surface area contributed by atoms with E-state index < -0.39 is 23.7 Å². The maximum absolute atomic E-state index is 12.1. The zero-order chi connectivity index (χ0) is 18.6. The minimum Gasteiger partial charge on any atom is -0.476 e. The molecule has 2 N–H and O–H groups in total. The summed E-state index contributed by atoms with van der Waals surface area (Å²) >= 11 is 0. The van der Waals surface area contributed by atoms with E-state index in [2.05, 4.69) is 10.3 Å². The highest BCUT2D eigenvalue weighted by Gasteiger charge is 2.26. The molecule has 0 aliphatic heterocycles. The van der Waals surface area contributed by atoms with E-state index in [1.54, 1.807) is 20.8 Å². The Kier molecular flexibility index (Phi) is 5.46. The Labute approximate surface area is 146 Å². The number of hydrogen-bond acceptors (Lipinski definition) is 5. The van der Waals surface area contributed by atoms with Crippen LogP contribution in [0.1, 0.15) is 54.5 Å². The third-order valence-electron chi connectivity index (χ3n) is 3.29. The van der Waals surface area contributed by atoms with Crippen LogP contribution in [-0.2, 0) is 11.2 Å². The van der Waals surface area contributed by atoms with Gasteiger partial charge in [0.05, 0.1) is 0 Å². The number of carboxylic acids is 1. The number of ether oxygens (including phenoxy) is 1. The number of oxazole rings is 1. The molecule has 2 aromatic rings. The van der Waals surface area contributed by atoms with Crippen molar-refractivity contribution in [2.75, 3.05) is 0 Å². The van der Waals surface area contributed by atoms with Gasteiger partial charge in [-0.15, -0.1) is 0 Å². The molecule has 1 aromatic carbocycles. The van der Waals surface area contributed by atoms with Crippen molar-refractivity contribution in [2.24, 2.45) is 0 Å². The van der Waals surface area contributed by atoms with Crippen LogP contribution in [0.2, 0.25) is 0 Å². The van der Waals surface area contributed by atoms with Crippen LogP contribution >= 0.6 is 0 Å². The maximum atomic E-state index is 12.1. The van der Waals surface area contributed by atoms with E-state index in [0.717, 1.165) is 5.56 Å². The van der Waals surface area contributed by atoms with Crippen LogP contribution in [0.3, 0.4) is 0 Å². The predicted molar refractivity (Wildman–Crippen MR) is 90.5 cm³/mol. The van der Waals surface area contributed by atoms with Gasteiger partial charge >= 0.3 is 12.1 Å². The van der Waals surface area contributed by atoms with Crippen LogP contribution in [-0.4, -0.2) is 27.8 Å². The number of nitrogens with one attached hydrogen (secondary N) is 1. The second-order valence-corrected chi connectivity index (χ2v) is 6.65. The molecule has 7 heteroatoms. The van der Waals surface area contributed by atoms with E-state index >= 15 is 0 Å². The first-order valence-electron chi connectivity index (χ1n) is 7.90.